The highest BCUT2D eigenvalue weighted by atomic mass is 35.5. The molecule has 0 saturated heterocycles. The van der Waals surface area contributed by atoms with Gasteiger partial charge >= 0.3 is 0 Å². The maximum atomic E-state index is 13.5. The molecule has 0 aliphatic carbocycles. The van der Waals surface area contributed by atoms with Crippen LogP contribution in [0.4, 0.5) is 0 Å². The third kappa shape index (κ3) is 2.99. The number of ether oxygens (including phenoxy) is 1. The van der Waals surface area contributed by atoms with Crippen LogP contribution in [0.15, 0.2) is 64.1 Å². The fourth-order valence-electron chi connectivity index (χ4n) is 3.46. The fourth-order valence-corrected chi connectivity index (χ4v) is 4.40. The molecule has 0 bridgehead atoms. The van der Waals surface area contributed by atoms with Crippen molar-refractivity contribution in [3.63, 3.8) is 0 Å². The van der Waals surface area contributed by atoms with E-state index < -0.39 is 5.92 Å². The first-order valence-electron chi connectivity index (χ1n) is 8.60. The van der Waals surface area contributed by atoms with Crippen molar-refractivity contribution >= 4 is 22.9 Å². The van der Waals surface area contributed by atoms with Gasteiger partial charge in [0.2, 0.25) is 5.88 Å². The van der Waals surface area contributed by atoms with Gasteiger partial charge in [-0.25, -0.2) is 0 Å². The Labute approximate surface area is 170 Å². The molecule has 1 atom stereocenters. The minimum absolute atomic E-state index is 0.00488. The van der Waals surface area contributed by atoms with E-state index in [-0.39, 0.29) is 17.0 Å². The lowest BCUT2D eigenvalue weighted by Gasteiger charge is -2.27. The van der Waals surface area contributed by atoms with Crippen LogP contribution in [0.2, 0.25) is 5.02 Å². The average molecular weight is 410 g/mol. The van der Waals surface area contributed by atoms with Gasteiger partial charge < -0.3 is 15.0 Å². The lowest BCUT2D eigenvalue weighted by Crippen LogP contribution is -2.33. The van der Waals surface area contributed by atoms with Crippen LogP contribution < -0.4 is 16.0 Å². The molecule has 1 aliphatic rings. The topological polar surface area (TPSA) is 81.0 Å². The minimum atomic E-state index is -0.676. The predicted octanol–water partition coefficient (Wildman–Crippen LogP) is 4.14. The first kappa shape index (κ1) is 18.4. The summed E-state index contributed by atoms with van der Waals surface area (Å²) in [4.78, 5) is 14.6. The first-order chi connectivity index (χ1) is 13.5. The largest absolute Gasteiger partial charge is 0.440 e. The third-order valence-electron chi connectivity index (χ3n) is 4.80. The van der Waals surface area contributed by atoms with E-state index in [9.17, 15) is 10.1 Å². The van der Waals surface area contributed by atoms with Gasteiger partial charge in [0.05, 0.1) is 18.0 Å². The molecule has 0 amide bonds. The molecular formula is C21H16ClN3O2S. The number of nitrogens with two attached hydrogens (primary N) is 1. The van der Waals surface area contributed by atoms with Crippen LogP contribution in [0.25, 0.3) is 0 Å². The minimum Gasteiger partial charge on any atom is -0.440 e. The normalized spacial score (nSPS) is 15.7. The van der Waals surface area contributed by atoms with Gasteiger partial charge in [0, 0.05) is 21.7 Å². The highest BCUT2D eigenvalue weighted by Crippen LogP contribution is 2.42. The summed E-state index contributed by atoms with van der Waals surface area (Å²) in [5.41, 5.74) is 7.76. The van der Waals surface area contributed by atoms with Crippen LogP contribution in [0.5, 0.6) is 5.75 Å². The Morgan fingerprint density at radius 3 is 2.79 bits per heavy atom. The van der Waals surface area contributed by atoms with E-state index in [0.29, 0.717) is 28.4 Å². The Morgan fingerprint density at radius 2 is 2.11 bits per heavy atom. The number of aromatic nitrogens is 1. The van der Waals surface area contributed by atoms with E-state index in [2.05, 4.69) is 6.07 Å². The monoisotopic (exact) mass is 409 g/mol. The smallest absolute Gasteiger partial charge is 0.259 e. The number of thiophene rings is 1. The molecule has 4 rings (SSSR count). The summed E-state index contributed by atoms with van der Waals surface area (Å²) in [5, 5.41) is 12.2. The van der Waals surface area contributed by atoms with Crippen LogP contribution in [-0.4, -0.2) is 4.57 Å². The Bertz CT molecular complexity index is 1190. The summed E-state index contributed by atoms with van der Waals surface area (Å²) in [6.07, 6.45) is 0. The number of pyridine rings is 1. The van der Waals surface area contributed by atoms with Crippen molar-refractivity contribution in [2.45, 2.75) is 19.4 Å². The number of halogens is 1. The summed E-state index contributed by atoms with van der Waals surface area (Å²) in [5.74, 6) is -0.314. The van der Waals surface area contributed by atoms with E-state index in [1.54, 1.807) is 40.2 Å². The van der Waals surface area contributed by atoms with Gasteiger partial charge in [0.25, 0.3) is 5.56 Å². The Kier molecular flexibility index (Phi) is 4.71. The van der Waals surface area contributed by atoms with Crippen LogP contribution in [-0.2, 0) is 6.54 Å². The van der Waals surface area contributed by atoms with Gasteiger partial charge in [0.15, 0.2) is 0 Å². The zero-order valence-electron chi connectivity index (χ0n) is 15.0. The second-order valence-electron chi connectivity index (χ2n) is 6.48. The highest BCUT2D eigenvalue weighted by molar-refractivity contribution is 7.09. The molecular weight excluding hydrogens is 394 g/mol. The summed E-state index contributed by atoms with van der Waals surface area (Å²) < 4.78 is 7.35. The molecule has 0 fully saturated rings. The molecule has 3 heterocycles. The van der Waals surface area contributed by atoms with Crippen LogP contribution in [0, 0.1) is 18.3 Å². The zero-order valence-corrected chi connectivity index (χ0v) is 16.6. The van der Waals surface area contributed by atoms with Crippen LogP contribution in [0.1, 0.15) is 27.6 Å². The quantitative estimate of drug-likeness (QED) is 0.704. The highest BCUT2D eigenvalue weighted by Gasteiger charge is 2.35. The van der Waals surface area contributed by atoms with Gasteiger partial charge in [-0.3, -0.25) is 4.79 Å². The van der Waals surface area contributed by atoms with E-state index in [0.717, 1.165) is 10.6 Å². The molecule has 1 aromatic carbocycles. The van der Waals surface area contributed by atoms with Gasteiger partial charge in [0.1, 0.15) is 17.4 Å². The SMILES string of the molecule is Cc1cc2c(c(=O)n1Cc1cccs1)[C@@H](c1ccccc1Cl)C(C#N)=C(N)O2. The molecule has 0 radical (unpaired) electrons. The van der Waals surface area contributed by atoms with E-state index in [1.807, 2.05) is 30.5 Å². The Balaban J connectivity index is 1.97. The molecule has 2 N–H and O–H groups in total. The Hall–Kier alpha value is -3.01. The predicted molar refractivity (Wildman–Crippen MR) is 110 cm³/mol. The number of hydrogen-bond donors (Lipinski definition) is 1. The summed E-state index contributed by atoms with van der Waals surface area (Å²) in [7, 11) is 0. The number of fused-ring (bicyclic) bond motifs is 1. The lowest BCUT2D eigenvalue weighted by molar-refractivity contribution is 0.389. The Morgan fingerprint density at radius 1 is 1.32 bits per heavy atom. The lowest BCUT2D eigenvalue weighted by atomic mass is 9.84. The molecule has 0 saturated carbocycles. The number of hydrogen-bond acceptors (Lipinski definition) is 5. The zero-order chi connectivity index (χ0) is 19.8. The van der Waals surface area contributed by atoms with Crippen molar-refractivity contribution in [2.24, 2.45) is 5.73 Å². The second-order valence-corrected chi connectivity index (χ2v) is 7.92. The summed E-state index contributed by atoms with van der Waals surface area (Å²) in [6.45, 7) is 2.30. The van der Waals surface area contributed by atoms with Crippen LogP contribution >= 0.6 is 22.9 Å². The van der Waals surface area contributed by atoms with Crippen molar-refractivity contribution in [1.29, 1.82) is 5.26 Å². The van der Waals surface area contributed by atoms with Crippen LogP contribution in [0.3, 0.4) is 0 Å². The van der Waals surface area contributed by atoms with Crippen molar-refractivity contribution in [3.8, 4) is 11.8 Å². The number of benzene rings is 1. The fraction of sp³-hybridized carbons (Fsp3) is 0.143. The number of nitrogens with zero attached hydrogens (tertiary/aromatic N) is 2. The maximum absolute atomic E-state index is 13.5. The van der Waals surface area contributed by atoms with Gasteiger partial charge in [-0.1, -0.05) is 35.9 Å². The molecule has 5 nitrogen and oxygen atoms in total. The molecule has 0 unspecified atom stereocenters. The summed E-state index contributed by atoms with van der Waals surface area (Å²) in [6, 6.07) is 15.0. The average Bonchev–Trinajstić information content (AvgIpc) is 3.18. The van der Waals surface area contributed by atoms with E-state index in [4.69, 9.17) is 22.1 Å². The van der Waals surface area contributed by atoms with Gasteiger partial charge in [-0.05, 0) is 30.0 Å². The maximum Gasteiger partial charge on any atom is 0.259 e. The second kappa shape index (κ2) is 7.19. The van der Waals surface area contributed by atoms with Crippen molar-refractivity contribution in [3.05, 3.63) is 96.4 Å². The number of allylic oxidation sites excluding steroid dienone is 1. The van der Waals surface area contributed by atoms with Crippen molar-refractivity contribution in [1.82, 2.24) is 4.57 Å². The van der Waals surface area contributed by atoms with Gasteiger partial charge in [-0.15, -0.1) is 11.3 Å². The van der Waals surface area contributed by atoms with Gasteiger partial charge in [-0.2, -0.15) is 5.26 Å². The molecule has 1 aliphatic heterocycles. The van der Waals surface area contributed by atoms with E-state index >= 15 is 0 Å². The molecule has 0 spiro atoms. The standard InChI is InChI=1S/C21H16ClN3O2S/c1-12-9-17-19(21(26)25(12)11-13-5-4-8-28-13)18(15(10-23)20(24)27-17)14-6-2-3-7-16(14)22/h2-9,18H,11,24H2,1H3/t18-/m0/s1. The number of rotatable bonds is 3. The van der Waals surface area contributed by atoms with Crippen molar-refractivity contribution < 1.29 is 4.74 Å². The number of nitriles is 1. The molecule has 7 heteroatoms. The molecule has 28 heavy (non-hydrogen) atoms. The first-order valence-corrected chi connectivity index (χ1v) is 9.85. The van der Waals surface area contributed by atoms with E-state index in [1.165, 1.54) is 0 Å². The third-order valence-corrected chi connectivity index (χ3v) is 6.01. The molecule has 2 aromatic heterocycles. The number of aryl methyl sites for hydroxylation is 1. The summed E-state index contributed by atoms with van der Waals surface area (Å²) >= 11 is 8.00. The molecule has 3 aromatic rings. The molecule has 140 valence electrons. The van der Waals surface area contributed by atoms with Crippen molar-refractivity contribution in [2.75, 3.05) is 0 Å².